The van der Waals surface area contributed by atoms with Gasteiger partial charge in [-0.2, -0.15) is 13.2 Å². The van der Waals surface area contributed by atoms with Crippen LogP contribution < -0.4 is 5.73 Å². The molecule has 1 unspecified atom stereocenters. The Bertz CT molecular complexity index is 1210. The smallest absolute Gasteiger partial charge is 0.383 e. The molecular weight excluding hydrogens is 421 g/mol. The SMILES string of the molecule is CC1OCc2c1c(N)nc1ccc(C(=O)N(Cc3ccc(C(F)(F)F)cn3)C3CC3)cc21. The Morgan fingerprint density at radius 3 is 2.69 bits per heavy atom. The van der Waals surface area contributed by atoms with Gasteiger partial charge in [-0.1, -0.05) is 0 Å². The minimum Gasteiger partial charge on any atom is -0.383 e. The van der Waals surface area contributed by atoms with E-state index < -0.39 is 11.7 Å². The van der Waals surface area contributed by atoms with E-state index in [1.54, 1.807) is 23.1 Å². The van der Waals surface area contributed by atoms with Gasteiger partial charge in [-0.05, 0) is 55.7 Å². The van der Waals surface area contributed by atoms with Crippen molar-refractivity contribution >= 4 is 22.6 Å². The van der Waals surface area contributed by atoms with Gasteiger partial charge in [0.25, 0.3) is 5.91 Å². The third-order valence-corrected chi connectivity index (χ3v) is 6.03. The van der Waals surface area contributed by atoms with E-state index in [4.69, 9.17) is 10.5 Å². The number of ether oxygens (including phenoxy) is 1. The lowest BCUT2D eigenvalue weighted by Gasteiger charge is -2.23. The first-order valence-corrected chi connectivity index (χ1v) is 10.4. The van der Waals surface area contributed by atoms with Crippen molar-refractivity contribution in [2.24, 2.45) is 0 Å². The summed E-state index contributed by atoms with van der Waals surface area (Å²) in [5.74, 6) is 0.248. The second-order valence-electron chi connectivity index (χ2n) is 8.27. The number of rotatable bonds is 4. The molecule has 6 nitrogen and oxygen atoms in total. The fourth-order valence-corrected chi connectivity index (χ4v) is 4.18. The van der Waals surface area contributed by atoms with Crippen molar-refractivity contribution in [1.82, 2.24) is 14.9 Å². The van der Waals surface area contributed by atoms with Gasteiger partial charge >= 0.3 is 6.18 Å². The number of carbonyl (C=O) groups is 1. The first-order chi connectivity index (χ1) is 15.2. The van der Waals surface area contributed by atoms with Gasteiger partial charge in [0.05, 0.1) is 36.0 Å². The number of fused-ring (bicyclic) bond motifs is 3. The number of halogens is 3. The van der Waals surface area contributed by atoms with Crippen LogP contribution in [-0.2, 0) is 24.1 Å². The van der Waals surface area contributed by atoms with Crippen LogP contribution in [0.5, 0.6) is 0 Å². The molecule has 1 aliphatic carbocycles. The molecule has 2 aliphatic rings. The lowest BCUT2D eigenvalue weighted by Crippen LogP contribution is -2.33. The number of pyridine rings is 2. The number of nitrogen functional groups attached to an aromatic ring is 1. The summed E-state index contributed by atoms with van der Waals surface area (Å²) in [5.41, 5.74) is 8.69. The molecule has 1 amide bonds. The Morgan fingerprint density at radius 1 is 1.25 bits per heavy atom. The molecule has 32 heavy (non-hydrogen) atoms. The second-order valence-corrected chi connectivity index (χ2v) is 8.27. The van der Waals surface area contributed by atoms with Gasteiger partial charge in [-0.25, -0.2) is 4.98 Å². The molecule has 9 heteroatoms. The number of hydrogen-bond donors (Lipinski definition) is 1. The topological polar surface area (TPSA) is 81.3 Å². The average molecular weight is 442 g/mol. The van der Waals surface area contributed by atoms with Gasteiger partial charge in [0.2, 0.25) is 0 Å². The van der Waals surface area contributed by atoms with Gasteiger partial charge < -0.3 is 15.4 Å². The molecule has 1 aliphatic heterocycles. The summed E-state index contributed by atoms with van der Waals surface area (Å²) in [6.45, 7) is 2.47. The molecule has 1 atom stereocenters. The second kappa shape index (κ2) is 7.44. The summed E-state index contributed by atoms with van der Waals surface area (Å²) in [7, 11) is 0. The summed E-state index contributed by atoms with van der Waals surface area (Å²) >= 11 is 0. The quantitative estimate of drug-likeness (QED) is 0.637. The number of carbonyl (C=O) groups excluding carboxylic acids is 1. The number of benzene rings is 1. The van der Waals surface area contributed by atoms with Crippen molar-refractivity contribution in [3.05, 3.63) is 64.5 Å². The molecule has 0 spiro atoms. The molecule has 1 saturated carbocycles. The molecule has 3 heterocycles. The molecule has 1 fully saturated rings. The van der Waals surface area contributed by atoms with Crippen LogP contribution >= 0.6 is 0 Å². The summed E-state index contributed by atoms with van der Waals surface area (Å²) in [4.78, 5) is 23.4. The van der Waals surface area contributed by atoms with Crippen molar-refractivity contribution < 1.29 is 22.7 Å². The van der Waals surface area contributed by atoms with E-state index in [1.165, 1.54) is 6.07 Å². The van der Waals surface area contributed by atoms with Crippen LogP contribution in [0.2, 0.25) is 0 Å². The van der Waals surface area contributed by atoms with Gasteiger partial charge in [0, 0.05) is 28.8 Å². The van der Waals surface area contributed by atoms with E-state index in [0.717, 1.165) is 41.6 Å². The molecule has 0 saturated heterocycles. The fraction of sp³-hybridized carbons (Fsp3) is 0.348. The Morgan fingerprint density at radius 2 is 2.03 bits per heavy atom. The van der Waals surface area contributed by atoms with Gasteiger partial charge in [-0.3, -0.25) is 9.78 Å². The van der Waals surface area contributed by atoms with E-state index in [2.05, 4.69) is 9.97 Å². The van der Waals surface area contributed by atoms with E-state index in [9.17, 15) is 18.0 Å². The van der Waals surface area contributed by atoms with Crippen LogP contribution in [0.3, 0.4) is 0 Å². The van der Waals surface area contributed by atoms with Crippen LogP contribution in [-0.4, -0.2) is 26.8 Å². The van der Waals surface area contributed by atoms with Gasteiger partial charge in [-0.15, -0.1) is 0 Å². The highest BCUT2D eigenvalue weighted by Gasteiger charge is 2.35. The minimum absolute atomic E-state index is 0.0564. The van der Waals surface area contributed by atoms with E-state index in [1.807, 2.05) is 6.92 Å². The zero-order valence-corrected chi connectivity index (χ0v) is 17.3. The predicted octanol–water partition coefficient (Wildman–Crippen LogP) is 4.63. The highest BCUT2D eigenvalue weighted by molar-refractivity contribution is 5.99. The standard InChI is InChI=1S/C23H21F3N4O2/c1-12-20-18(11-32-12)17-8-13(2-7-19(17)29-21(20)27)22(31)30(16-5-6-16)10-15-4-3-14(9-28-15)23(24,25)26/h2-4,7-9,12,16H,5-6,10-11H2,1H3,(H2,27,29). The van der Waals surface area contributed by atoms with Crippen LogP contribution in [0.25, 0.3) is 10.9 Å². The van der Waals surface area contributed by atoms with Crippen molar-refractivity contribution in [2.75, 3.05) is 5.73 Å². The minimum atomic E-state index is -4.44. The first-order valence-electron chi connectivity index (χ1n) is 10.4. The maximum absolute atomic E-state index is 13.4. The monoisotopic (exact) mass is 442 g/mol. The van der Waals surface area contributed by atoms with E-state index >= 15 is 0 Å². The summed E-state index contributed by atoms with van der Waals surface area (Å²) < 4.78 is 44.2. The molecule has 2 aromatic heterocycles. The molecule has 0 bridgehead atoms. The number of anilines is 1. The van der Waals surface area contributed by atoms with Crippen molar-refractivity contribution in [3.63, 3.8) is 0 Å². The Kier molecular flexibility index (Phi) is 4.81. The molecule has 3 aromatic rings. The highest BCUT2D eigenvalue weighted by Crippen LogP contribution is 2.38. The van der Waals surface area contributed by atoms with Crippen LogP contribution in [0.1, 0.15) is 58.6 Å². The van der Waals surface area contributed by atoms with Crippen molar-refractivity contribution in [2.45, 2.75) is 51.2 Å². The fourth-order valence-electron chi connectivity index (χ4n) is 4.18. The zero-order valence-electron chi connectivity index (χ0n) is 17.3. The first kappa shape index (κ1) is 20.7. The van der Waals surface area contributed by atoms with Crippen LogP contribution in [0, 0.1) is 0 Å². The number of aromatic nitrogens is 2. The number of alkyl halides is 3. The zero-order chi connectivity index (χ0) is 22.6. The maximum Gasteiger partial charge on any atom is 0.417 e. The Labute approximate surface area is 182 Å². The Hall–Kier alpha value is -3.20. The predicted molar refractivity (Wildman–Crippen MR) is 111 cm³/mol. The third-order valence-electron chi connectivity index (χ3n) is 6.03. The molecule has 1 aromatic carbocycles. The molecule has 166 valence electrons. The molecular formula is C23H21F3N4O2. The van der Waals surface area contributed by atoms with Gasteiger partial charge in [0.1, 0.15) is 5.82 Å². The van der Waals surface area contributed by atoms with E-state index in [-0.39, 0.29) is 24.6 Å². The Balaban J connectivity index is 1.45. The van der Waals surface area contributed by atoms with Crippen molar-refractivity contribution in [1.29, 1.82) is 0 Å². The van der Waals surface area contributed by atoms with Crippen LogP contribution in [0.4, 0.5) is 19.0 Å². The number of nitrogens with two attached hydrogens (primary N) is 1. The largest absolute Gasteiger partial charge is 0.417 e. The normalized spacial score (nSPS) is 18.1. The highest BCUT2D eigenvalue weighted by atomic mass is 19.4. The molecule has 0 radical (unpaired) electrons. The molecule has 5 rings (SSSR count). The third kappa shape index (κ3) is 3.66. The van der Waals surface area contributed by atoms with Crippen LogP contribution in [0.15, 0.2) is 36.5 Å². The summed E-state index contributed by atoms with van der Waals surface area (Å²) in [5, 5.41) is 0.827. The number of hydrogen-bond acceptors (Lipinski definition) is 5. The summed E-state index contributed by atoms with van der Waals surface area (Å²) in [6.07, 6.45) is -2.07. The maximum atomic E-state index is 13.4. The lowest BCUT2D eigenvalue weighted by molar-refractivity contribution is -0.137. The number of nitrogens with zero attached hydrogens (tertiary/aromatic N) is 3. The average Bonchev–Trinajstić information content (AvgIpc) is 3.52. The summed E-state index contributed by atoms with van der Waals surface area (Å²) in [6, 6.07) is 7.65. The lowest BCUT2D eigenvalue weighted by atomic mass is 10.00. The van der Waals surface area contributed by atoms with Gasteiger partial charge in [0.15, 0.2) is 0 Å². The van der Waals surface area contributed by atoms with E-state index in [0.29, 0.717) is 29.2 Å². The van der Waals surface area contributed by atoms with Crippen molar-refractivity contribution in [3.8, 4) is 0 Å². The number of amides is 1. The molecule has 2 N–H and O–H groups in total.